The molecule has 1 fully saturated rings. The van der Waals surface area contributed by atoms with Crippen molar-refractivity contribution in [2.45, 2.75) is 58.1 Å². The number of nitrogens with two attached hydrogens (primary N) is 1. The molecule has 12 heteroatoms. The van der Waals surface area contributed by atoms with Gasteiger partial charge in [-0.1, -0.05) is 19.9 Å². The Labute approximate surface area is 245 Å². The van der Waals surface area contributed by atoms with Crippen LogP contribution in [-0.2, 0) is 21.2 Å². The fraction of sp³-hybridized carbons (Fsp3) is 0.467. The number of benzene rings is 2. The van der Waals surface area contributed by atoms with Crippen molar-refractivity contribution in [2.24, 2.45) is 11.1 Å². The van der Waals surface area contributed by atoms with E-state index < -0.39 is 33.3 Å². The number of alkyl carbamates (subject to hydrolysis) is 1. The number of primary amides is 1. The van der Waals surface area contributed by atoms with Gasteiger partial charge in [0.15, 0.2) is 0 Å². The SMILES string of the molecule is CNCCNC(=O)OC1CCC(Nc2cc(-c3c4n(c5cc(F)ccc35)S(=O)(=O)CC(C)(C)C4)ccc2C(N)=O)CC1. The van der Waals surface area contributed by atoms with E-state index in [0.717, 1.165) is 0 Å². The number of amides is 2. The Morgan fingerprint density at radius 3 is 2.52 bits per heavy atom. The predicted molar refractivity (Wildman–Crippen MR) is 161 cm³/mol. The minimum Gasteiger partial charge on any atom is -0.446 e. The van der Waals surface area contributed by atoms with E-state index in [2.05, 4.69) is 16.0 Å². The summed E-state index contributed by atoms with van der Waals surface area (Å²) in [5, 5.41) is 9.77. The van der Waals surface area contributed by atoms with Crippen LogP contribution in [0.25, 0.3) is 22.0 Å². The quantitative estimate of drug-likeness (QED) is 0.287. The molecule has 5 rings (SSSR count). The summed E-state index contributed by atoms with van der Waals surface area (Å²) < 4.78 is 48.0. The van der Waals surface area contributed by atoms with Gasteiger partial charge in [0.25, 0.3) is 5.91 Å². The van der Waals surface area contributed by atoms with E-state index in [-0.39, 0.29) is 17.9 Å². The third-order valence-electron chi connectivity index (χ3n) is 8.00. The van der Waals surface area contributed by atoms with E-state index in [0.29, 0.717) is 84.2 Å². The van der Waals surface area contributed by atoms with Gasteiger partial charge >= 0.3 is 6.09 Å². The molecule has 1 aliphatic heterocycles. The molecule has 42 heavy (non-hydrogen) atoms. The van der Waals surface area contributed by atoms with Crippen LogP contribution in [0.1, 0.15) is 55.6 Å². The van der Waals surface area contributed by atoms with E-state index >= 15 is 0 Å². The summed E-state index contributed by atoms with van der Waals surface area (Å²) in [5.74, 6) is -1.16. The Hall–Kier alpha value is -3.64. The molecule has 1 aliphatic carbocycles. The number of fused-ring (bicyclic) bond motifs is 3. The van der Waals surface area contributed by atoms with Gasteiger partial charge in [0.05, 0.1) is 16.8 Å². The van der Waals surface area contributed by atoms with E-state index in [1.54, 1.807) is 18.2 Å². The zero-order chi connectivity index (χ0) is 30.2. The minimum absolute atomic E-state index is 0.0126. The lowest BCUT2D eigenvalue weighted by molar-refractivity contribution is 0.0733. The lowest BCUT2D eigenvalue weighted by Crippen LogP contribution is -2.37. The first-order chi connectivity index (χ1) is 19.9. The minimum atomic E-state index is -3.74. The van der Waals surface area contributed by atoms with Crippen molar-refractivity contribution in [2.75, 3.05) is 31.2 Å². The molecule has 1 aromatic heterocycles. The Morgan fingerprint density at radius 1 is 1.10 bits per heavy atom. The van der Waals surface area contributed by atoms with E-state index in [4.69, 9.17) is 10.5 Å². The second-order valence-electron chi connectivity index (χ2n) is 12.0. The van der Waals surface area contributed by atoms with Gasteiger partial charge in [-0.2, -0.15) is 0 Å². The molecule has 3 aromatic rings. The van der Waals surface area contributed by atoms with Crippen molar-refractivity contribution < 1.29 is 27.1 Å². The monoisotopic (exact) mass is 599 g/mol. The Morgan fingerprint density at radius 2 is 1.83 bits per heavy atom. The molecule has 0 bridgehead atoms. The highest BCUT2D eigenvalue weighted by Gasteiger charge is 2.39. The van der Waals surface area contributed by atoms with Gasteiger partial charge in [-0.15, -0.1) is 0 Å². The summed E-state index contributed by atoms with van der Waals surface area (Å²) in [6.45, 7) is 4.95. The molecule has 226 valence electrons. The lowest BCUT2D eigenvalue weighted by atomic mass is 9.87. The van der Waals surface area contributed by atoms with Crippen LogP contribution >= 0.6 is 0 Å². The van der Waals surface area contributed by atoms with Gasteiger partial charge in [0.2, 0.25) is 10.0 Å². The second-order valence-corrected chi connectivity index (χ2v) is 13.8. The fourth-order valence-electron chi connectivity index (χ4n) is 6.21. The number of rotatable bonds is 8. The molecule has 10 nitrogen and oxygen atoms in total. The maximum Gasteiger partial charge on any atom is 0.407 e. The lowest BCUT2D eigenvalue weighted by Gasteiger charge is -2.31. The van der Waals surface area contributed by atoms with Crippen LogP contribution < -0.4 is 21.7 Å². The van der Waals surface area contributed by atoms with Gasteiger partial charge in [-0.25, -0.2) is 21.6 Å². The Balaban J connectivity index is 1.45. The van der Waals surface area contributed by atoms with E-state index in [1.165, 1.54) is 16.1 Å². The first kappa shape index (κ1) is 29.8. The first-order valence-corrected chi connectivity index (χ1v) is 15.9. The van der Waals surface area contributed by atoms with Crippen molar-refractivity contribution >= 4 is 38.6 Å². The van der Waals surface area contributed by atoms with Crippen molar-refractivity contribution in [3.05, 3.63) is 53.5 Å². The summed E-state index contributed by atoms with van der Waals surface area (Å²) in [5.41, 5.74) is 8.37. The fourth-order valence-corrected chi connectivity index (χ4v) is 8.37. The number of carbonyl (C=O) groups excluding carboxylic acids is 2. The standard InChI is InChI=1S/C30H38FN5O5S/c1-30(2)16-26-27(23-11-5-19(31)15-25(23)36(26)42(39,40)17-30)18-4-10-22(28(32)37)24(14-18)35-20-6-8-21(9-7-20)41-29(38)34-13-12-33-3/h4-5,10-11,14-15,20-21,33,35H,6-9,12-13,16-17H2,1-3H3,(H2,32,37)(H,34,38). The number of nitrogens with zero attached hydrogens (tertiary/aromatic N) is 1. The third-order valence-corrected chi connectivity index (χ3v) is 10.1. The van der Waals surface area contributed by atoms with Crippen molar-refractivity contribution in [1.29, 1.82) is 0 Å². The largest absolute Gasteiger partial charge is 0.446 e. The third kappa shape index (κ3) is 6.10. The zero-order valence-electron chi connectivity index (χ0n) is 24.1. The normalized spacial score (nSPS) is 21.0. The molecular formula is C30H38FN5O5S. The molecule has 0 radical (unpaired) electrons. The molecule has 0 atom stereocenters. The van der Waals surface area contributed by atoms with Crippen molar-refractivity contribution in [3.63, 3.8) is 0 Å². The Bertz CT molecular complexity index is 1630. The molecule has 0 unspecified atom stereocenters. The molecule has 0 spiro atoms. The summed E-state index contributed by atoms with van der Waals surface area (Å²) in [6.07, 6.45) is 2.62. The summed E-state index contributed by atoms with van der Waals surface area (Å²) in [7, 11) is -1.93. The van der Waals surface area contributed by atoms with Gasteiger partial charge in [-0.05, 0) is 80.5 Å². The summed E-state index contributed by atoms with van der Waals surface area (Å²) in [4.78, 5) is 24.4. The molecule has 2 aromatic carbocycles. The van der Waals surface area contributed by atoms with E-state index in [1.807, 2.05) is 27.0 Å². The maximum absolute atomic E-state index is 14.4. The number of hydrogen-bond donors (Lipinski definition) is 4. The number of aromatic nitrogens is 1. The van der Waals surface area contributed by atoms with Gasteiger partial charge < -0.3 is 26.4 Å². The van der Waals surface area contributed by atoms with Crippen LogP contribution in [0, 0.1) is 11.2 Å². The van der Waals surface area contributed by atoms with Gasteiger partial charge in [-0.3, -0.25) is 4.79 Å². The number of anilines is 1. The number of hydrogen-bond acceptors (Lipinski definition) is 7. The van der Waals surface area contributed by atoms with Crippen LogP contribution in [-0.4, -0.2) is 62.4 Å². The highest BCUT2D eigenvalue weighted by Crippen LogP contribution is 2.44. The van der Waals surface area contributed by atoms with E-state index in [9.17, 15) is 22.4 Å². The number of nitrogens with one attached hydrogen (secondary N) is 3. The average molecular weight is 600 g/mol. The molecule has 5 N–H and O–H groups in total. The number of ether oxygens (including phenoxy) is 1. The molecule has 2 amide bonds. The number of carbonyl (C=O) groups is 2. The summed E-state index contributed by atoms with van der Waals surface area (Å²) in [6, 6.07) is 9.44. The van der Waals surface area contributed by atoms with Gasteiger partial charge in [0, 0.05) is 41.5 Å². The molecule has 1 saturated carbocycles. The molecule has 2 aliphatic rings. The first-order valence-electron chi connectivity index (χ1n) is 14.2. The molecule has 0 saturated heterocycles. The number of likely N-dealkylation sites (N-methyl/N-ethyl adjacent to an activating group) is 1. The van der Waals surface area contributed by atoms with Crippen LogP contribution in [0.4, 0.5) is 14.9 Å². The van der Waals surface area contributed by atoms with Crippen LogP contribution in [0.15, 0.2) is 36.4 Å². The number of halogens is 1. The highest BCUT2D eigenvalue weighted by molar-refractivity contribution is 7.90. The topological polar surface area (TPSA) is 145 Å². The Kier molecular flexibility index (Phi) is 8.21. The highest BCUT2D eigenvalue weighted by atomic mass is 32.2. The van der Waals surface area contributed by atoms with Crippen LogP contribution in [0.3, 0.4) is 0 Å². The maximum atomic E-state index is 14.4. The predicted octanol–water partition coefficient (Wildman–Crippen LogP) is 3.98. The summed E-state index contributed by atoms with van der Waals surface area (Å²) >= 11 is 0. The smallest absolute Gasteiger partial charge is 0.407 e. The van der Waals surface area contributed by atoms with Crippen LogP contribution in [0.5, 0.6) is 0 Å². The van der Waals surface area contributed by atoms with Crippen LogP contribution in [0.2, 0.25) is 0 Å². The zero-order valence-corrected chi connectivity index (χ0v) is 24.9. The molecule has 2 heterocycles. The molecular weight excluding hydrogens is 561 g/mol. The van der Waals surface area contributed by atoms with Gasteiger partial charge in [0.1, 0.15) is 11.9 Å². The van der Waals surface area contributed by atoms with Crippen molar-refractivity contribution in [3.8, 4) is 11.1 Å². The average Bonchev–Trinajstić information content (AvgIpc) is 3.22. The second kappa shape index (κ2) is 11.6. The van der Waals surface area contributed by atoms with Crippen molar-refractivity contribution in [1.82, 2.24) is 14.6 Å².